The zero-order chi connectivity index (χ0) is 15.9. The smallest absolute Gasteiger partial charge is 0.325 e. The molecule has 21 heavy (non-hydrogen) atoms. The summed E-state index contributed by atoms with van der Waals surface area (Å²) in [5, 5.41) is 3.49. The van der Waals surface area contributed by atoms with Crippen LogP contribution in [0, 0.1) is 0 Å². The van der Waals surface area contributed by atoms with E-state index in [0.717, 1.165) is 25.9 Å². The van der Waals surface area contributed by atoms with Crippen molar-refractivity contribution in [3.05, 3.63) is 0 Å². The highest BCUT2D eigenvalue weighted by Crippen LogP contribution is 2.25. The van der Waals surface area contributed by atoms with Crippen LogP contribution in [0.15, 0.2) is 0 Å². The topological polar surface area (TPSA) is 41.6 Å². The summed E-state index contributed by atoms with van der Waals surface area (Å²) in [5.74, 6) is -0.131. The van der Waals surface area contributed by atoms with Crippen LogP contribution < -0.4 is 5.32 Å². The number of nitrogens with zero attached hydrogens (tertiary/aromatic N) is 1. The molecule has 0 aromatic heterocycles. The minimum atomic E-state index is -0.548. The fraction of sp³-hybridized carbons (Fsp3) is 0.941. The van der Waals surface area contributed by atoms with Gasteiger partial charge < -0.3 is 9.64 Å². The third kappa shape index (κ3) is 5.95. The van der Waals surface area contributed by atoms with Gasteiger partial charge in [-0.3, -0.25) is 10.1 Å². The highest BCUT2D eigenvalue weighted by Gasteiger charge is 2.39. The van der Waals surface area contributed by atoms with Crippen molar-refractivity contribution in [2.24, 2.45) is 0 Å². The van der Waals surface area contributed by atoms with Crippen LogP contribution in [-0.4, -0.2) is 48.7 Å². The van der Waals surface area contributed by atoms with Crippen molar-refractivity contribution < 1.29 is 9.53 Å². The van der Waals surface area contributed by atoms with Gasteiger partial charge in [0.1, 0.15) is 5.54 Å². The first-order chi connectivity index (χ1) is 9.96. The normalized spacial score (nSPS) is 19.3. The van der Waals surface area contributed by atoms with E-state index in [9.17, 15) is 4.79 Å². The maximum absolute atomic E-state index is 12.2. The Kier molecular flexibility index (Phi) is 7.67. The lowest BCUT2D eigenvalue weighted by molar-refractivity contribution is -0.148. The van der Waals surface area contributed by atoms with Crippen LogP contribution in [0.3, 0.4) is 0 Å². The lowest BCUT2D eigenvalue weighted by atomic mass is 9.96. The molecule has 4 nitrogen and oxygen atoms in total. The third-order valence-electron chi connectivity index (χ3n) is 4.65. The maximum Gasteiger partial charge on any atom is 0.325 e. The van der Waals surface area contributed by atoms with E-state index in [1.54, 1.807) is 0 Å². The molecular formula is C17H34N2O2. The average Bonchev–Trinajstić information content (AvgIpc) is 3.29. The Morgan fingerprint density at radius 3 is 2.52 bits per heavy atom. The Labute approximate surface area is 130 Å². The number of methoxy groups -OCH3 is 1. The summed E-state index contributed by atoms with van der Waals surface area (Å²) in [6, 6.07) is 1.07. The quantitative estimate of drug-likeness (QED) is 0.596. The van der Waals surface area contributed by atoms with E-state index >= 15 is 0 Å². The summed E-state index contributed by atoms with van der Waals surface area (Å²) in [6.45, 7) is 10.8. The van der Waals surface area contributed by atoms with Gasteiger partial charge in [-0.2, -0.15) is 0 Å². The Hall–Kier alpha value is -0.610. The van der Waals surface area contributed by atoms with Gasteiger partial charge >= 0.3 is 5.97 Å². The zero-order valence-corrected chi connectivity index (χ0v) is 14.6. The molecule has 0 amide bonds. The van der Waals surface area contributed by atoms with Crippen LogP contribution in [-0.2, 0) is 9.53 Å². The Balaban J connectivity index is 2.60. The molecule has 1 saturated carbocycles. The summed E-state index contributed by atoms with van der Waals surface area (Å²) in [4.78, 5) is 14.7. The van der Waals surface area contributed by atoms with E-state index in [2.05, 4.69) is 31.0 Å². The molecule has 1 fully saturated rings. The number of hydrogen-bond acceptors (Lipinski definition) is 4. The number of ether oxygens (including phenoxy) is 1. The van der Waals surface area contributed by atoms with E-state index in [1.165, 1.54) is 32.8 Å². The number of carbonyl (C=O) groups is 1. The van der Waals surface area contributed by atoms with Gasteiger partial charge in [0.05, 0.1) is 7.11 Å². The average molecular weight is 298 g/mol. The maximum atomic E-state index is 12.2. The van der Waals surface area contributed by atoms with Crippen molar-refractivity contribution >= 4 is 5.97 Å². The molecule has 0 heterocycles. The van der Waals surface area contributed by atoms with Gasteiger partial charge in [-0.1, -0.05) is 20.3 Å². The molecule has 1 rings (SSSR count). The monoisotopic (exact) mass is 298 g/mol. The van der Waals surface area contributed by atoms with Crippen LogP contribution in [0.1, 0.15) is 66.2 Å². The third-order valence-corrected chi connectivity index (χ3v) is 4.65. The van der Waals surface area contributed by atoms with Crippen molar-refractivity contribution in [2.75, 3.05) is 20.2 Å². The van der Waals surface area contributed by atoms with Crippen molar-refractivity contribution in [3.63, 3.8) is 0 Å². The van der Waals surface area contributed by atoms with Crippen molar-refractivity contribution in [2.45, 2.75) is 83.8 Å². The minimum Gasteiger partial charge on any atom is -0.468 e. The molecule has 124 valence electrons. The van der Waals surface area contributed by atoms with E-state index in [-0.39, 0.29) is 5.97 Å². The standard InChI is InChI=1S/C17H34N2O2/c1-6-8-12-19(14(3)7-2)13-11-17(4,16(20)21-5)18-15-9-10-15/h14-15,18H,6-13H2,1-5H3. The summed E-state index contributed by atoms with van der Waals surface area (Å²) in [7, 11) is 1.48. The molecule has 1 N–H and O–H groups in total. The largest absolute Gasteiger partial charge is 0.468 e. The first-order valence-corrected chi connectivity index (χ1v) is 8.57. The van der Waals surface area contributed by atoms with Crippen LogP contribution in [0.5, 0.6) is 0 Å². The summed E-state index contributed by atoms with van der Waals surface area (Å²) in [6.07, 6.45) is 6.74. The second-order valence-corrected chi connectivity index (χ2v) is 6.64. The Bertz CT molecular complexity index is 318. The number of unbranched alkanes of at least 4 members (excludes halogenated alkanes) is 1. The molecule has 4 heteroatoms. The first-order valence-electron chi connectivity index (χ1n) is 8.57. The SMILES string of the molecule is CCCCN(CCC(C)(NC1CC1)C(=O)OC)C(C)CC. The van der Waals surface area contributed by atoms with Crippen LogP contribution in [0.25, 0.3) is 0 Å². The van der Waals surface area contributed by atoms with Gasteiger partial charge in [-0.25, -0.2) is 0 Å². The Morgan fingerprint density at radius 2 is 2.05 bits per heavy atom. The van der Waals surface area contributed by atoms with Crippen molar-refractivity contribution in [1.29, 1.82) is 0 Å². The van der Waals surface area contributed by atoms with Crippen LogP contribution in [0.4, 0.5) is 0 Å². The molecule has 0 spiro atoms. The molecule has 0 saturated heterocycles. The highest BCUT2D eigenvalue weighted by molar-refractivity contribution is 5.80. The molecule has 0 aromatic rings. The molecule has 0 radical (unpaired) electrons. The molecule has 0 aromatic carbocycles. The fourth-order valence-electron chi connectivity index (χ4n) is 2.68. The molecule has 2 atom stereocenters. The number of hydrogen-bond donors (Lipinski definition) is 1. The Morgan fingerprint density at radius 1 is 1.38 bits per heavy atom. The first kappa shape index (κ1) is 18.4. The molecule has 0 aliphatic heterocycles. The second kappa shape index (κ2) is 8.74. The van der Waals surface area contributed by atoms with Gasteiger partial charge in [0.2, 0.25) is 0 Å². The molecule has 2 unspecified atom stereocenters. The van der Waals surface area contributed by atoms with Crippen LogP contribution >= 0.6 is 0 Å². The molecular weight excluding hydrogens is 264 g/mol. The summed E-state index contributed by atoms with van der Waals surface area (Å²) in [5.41, 5.74) is -0.548. The number of nitrogens with one attached hydrogen (secondary N) is 1. The van der Waals surface area contributed by atoms with E-state index in [0.29, 0.717) is 12.1 Å². The minimum absolute atomic E-state index is 0.131. The predicted octanol–water partition coefficient (Wildman–Crippen LogP) is 2.96. The lowest BCUT2D eigenvalue weighted by Crippen LogP contribution is -2.53. The number of carbonyl (C=O) groups excluding carboxylic acids is 1. The van der Waals surface area contributed by atoms with Gasteiger partial charge in [0.25, 0.3) is 0 Å². The number of esters is 1. The zero-order valence-electron chi connectivity index (χ0n) is 14.6. The predicted molar refractivity (Wildman–Crippen MR) is 87.4 cm³/mol. The van der Waals surface area contributed by atoms with E-state index in [1.807, 2.05) is 6.92 Å². The van der Waals surface area contributed by atoms with Crippen molar-refractivity contribution in [1.82, 2.24) is 10.2 Å². The second-order valence-electron chi connectivity index (χ2n) is 6.64. The van der Waals surface area contributed by atoms with E-state index < -0.39 is 5.54 Å². The highest BCUT2D eigenvalue weighted by atomic mass is 16.5. The van der Waals surface area contributed by atoms with Gasteiger partial charge in [-0.15, -0.1) is 0 Å². The summed E-state index contributed by atoms with van der Waals surface area (Å²) < 4.78 is 5.02. The molecule has 0 bridgehead atoms. The van der Waals surface area contributed by atoms with Gasteiger partial charge in [0, 0.05) is 18.6 Å². The van der Waals surface area contributed by atoms with Gasteiger partial charge in [-0.05, 0) is 52.5 Å². The lowest BCUT2D eigenvalue weighted by Gasteiger charge is -2.34. The van der Waals surface area contributed by atoms with Crippen molar-refractivity contribution in [3.8, 4) is 0 Å². The molecule has 1 aliphatic rings. The van der Waals surface area contributed by atoms with E-state index in [4.69, 9.17) is 4.74 Å². The fourth-order valence-corrected chi connectivity index (χ4v) is 2.68. The summed E-state index contributed by atoms with van der Waals surface area (Å²) >= 11 is 0. The van der Waals surface area contributed by atoms with Gasteiger partial charge in [0.15, 0.2) is 0 Å². The molecule has 1 aliphatic carbocycles. The number of rotatable bonds is 11. The van der Waals surface area contributed by atoms with Crippen LogP contribution in [0.2, 0.25) is 0 Å².